The van der Waals surface area contributed by atoms with Crippen LogP contribution in [0.2, 0.25) is 0 Å². The van der Waals surface area contributed by atoms with Gasteiger partial charge in [0.2, 0.25) is 0 Å². The van der Waals surface area contributed by atoms with Crippen LogP contribution in [0.3, 0.4) is 0 Å². The number of aromatic hydroxyl groups is 1. The number of phenols is 1. The minimum absolute atomic E-state index is 0.137. The smallest absolute Gasteiger partial charge is 0.162 e. The molecule has 0 fully saturated rings. The molecule has 0 aromatic heterocycles. The van der Waals surface area contributed by atoms with Gasteiger partial charge in [0.05, 0.1) is 17.9 Å². The van der Waals surface area contributed by atoms with E-state index < -0.39 is 0 Å². The van der Waals surface area contributed by atoms with Gasteiger partial charge in [-0.2, -0.15) is 5.26 Å². The molecule has 0 heterocycles. The molecule has 4 nitrogen and oxygen atoms in total. The van der Waals surface area contributed by atoms with Crippen LogP contribution in [0.25, 0.3) is 0 Å². The molecular formula is C17H18N2O2. The van der Waals surface area contributed by atoms with Crippen molar-refractivity contribution in [3.8, 4) is 17.6 Å². The average molecular weight is 282 g/mol. The lowest BCUT2D eigenvalue weighted by molar-refractivity contribution is 0.317. The van der Waals surface area contributed by atoms with Crippen LogP contribution in [0.15, 0.2) is 36.4 Å². The van der Waals surface area contributed by atoms with E-state index in [1.165, 1.54) is 0 Å². The van der Waals surface area contributed by atoms with Crippen LogP contribution in [0, 0.1) is 18.3 Å². The van der Waals surface area contributed by atoms with Gasteiger partial charge >= 0.3 is 0 Å². The topological polar surface area (TPSA) is 65.3 Å². The number of para-hydroxylation sites is 1. The maximum Gasteiger partial charge on any atom is 0.162 e. The number of rotatable bonds is 5. The molecule has 0 saturated carbocycles. The molecule has 0 saturated heterocycles. The Kier molecular flexibility index (Phi) is 4.68. The highest BCUT2D eigenvalue weighted by atomic mass is 16.5. The van der Waals surface area contributed by atoms with Crippen molar-refractivity contribution in [3.05, 3.63) is 53.1 Å². The Hall–Kier alpha value is -2.67. The number of hydrogen-bond donors (Lipinski definition) is 2. The molecule has 4 heteroatoms. The molecule has 0 unspecified atom stereocenters. The Morgan fingerprint density at radius 1 is 1.24 bits per heavy atom. The standard InChI is InChI=1S/C17H18N2O2/c1-3-21-16-9-5-7-13(17(16)20)11-19-15-8-4-6-12(2)14(15)10-18/h4-9,19-20H,3,11H2,1-2H3. The number of anilines is 1. The van der Waals surface area contributed by atoms with Crippen molar-refractivity contribution in [1.29, 1.82) is 5.26 Å². The van der Waals surface area contributed by atoms with Gasteiger partial charge in [-0.15, -0.1) is 0 Å². The van der Waals surface area contributed by atoms with Crippen LogP contribution in [-0.4, -0.2) is 11.7 Å². The van der Waals surface area contributed by atoms with E-state index in [2.05, 4.69) is 11.4 Å². The first-order chi connectivity index (χ1) is 10.2. The Balaban J connectivity index is 2.20. The van der Waals surface area contributed by atoms with E-state index in [0.29, 0.717) is 24.5 Å². The maximum atomic E-state index is 10.1. The Bertz CT molecular complexity index is 675. The van der Waals surface area contributed by atoms with E-state index >= 15 is 0 Å². The zero-order valence-electron chi connectivity index (χ0n) is 12.2. The monoisotopic (exact) mass is 282 g/mol. The number of aryl methyl sites for hydroxylation is 1. The predicted octanol–water partition coefficient (Wildman–Crippen LogP) is 3.58. The average Bonchev–Trinajstić information content (AvgIpc) is 2.48. The lowest BCUT2D eigenvalue weighted by atomic mass is 10.1. The Morgan fingerprint density at radius 3 is 2.71 bits per heavy atom. The number of nitrogens with one attached hydrogen (secondary N) is 1. The van der Waals surface area contributed by atoms with Crippen molar-refractivity contribution < 1.29 is 9.84 Å². The lowest BCUT2D eigenvalue weighted by Crippen LogP contribution is -2.03. The molecule has 0 spiro atoms. The van der Waals surface area contributed by atoms with Crippen LogP contribution >= 0.6 is 0 Å². The summed E-state index contributed by atoms with van der Waals surface area (Å²) in [4.78, 5) is 0. The van der Waals surface area contributed by atoms with Gasteiger partial charge in [-0.3, -0.25) is 0 Å². The summed E-state index contributed by atoms with van der Waals surface area (Å²) in [6, 6.07) is 13.2. The fourth-order valence-corrected chi connectivity index (χ4v) is 2.14. The van der Waals surface area contributed by atoms with Gasteiger partial charge in [0, 0.05) is 12.1 Å². The van der Waals surface area contributed by atoms with Crippen molar-refractivity contribution in [3.63, 3.8) is 0 Å². The van der Waals surface area contributed by atoms with Crippen LogP contribution in [-0.2, 0) is 6.54 Å². The number of benzene rings is 2. The summed E-state index contributed by atoms with van der Waals surface area (Å²) in [7, 11) is 0. The quantitative estimate of drug-likeness (QED) is 0.879. The zero-order chi connectivity index (χ0) is 15.2. The van der Waals surface area contributed by atoms with Crippen molar-refractivity contribution in [2.75, 3.05) is 11.9 Å². The number of hydrogen-bond acceptors (Lipinski definition) is 4. The minimum Gasteiger partial charge on any atom is -0.504 e. The fraction of sp³-hybridized carbons (Fsp3) is 0.235. The largest absolute Gasteiger partial charge is 0.504 e. The molecule has 0 atom stereocenters. The molecule has 108 valence electrons. The summed E-state index contributed by atoms with van der Waals surface area (Å²) in [6.45, 7) is 4.69. The first-order valence-corrected chi connectivity index (χ1v) is 6.84. The second-order valence-electron chi connectivity index (χ2n) is 4.66. The molecule has 2 aromatic carbocycles. The maximum absolute atomic E-state index is 10.1. The lowest BCUT2D eigenvalue weighted by Gasteiger charge is -2.13. The van der Waals surface area contributed by atoms with Gasteiger partial charge < -0.3 is 15.2 Å². The van der Waals surface area contributed by atoms with Crippen molar-refractivity contribution in [2.24, 2.45) is 0 Å². The van der Waals surface area contributed by atoms with Crippen LogP contribution < -0.4 is 10.1 Å². The third kappa shape index (κ3) is 3.26. The SMILES string of the molecule is CCOc1cccc(CNc2cccc(C)c2C#N)c1O. The minimum atomic E-state index is 0.137. The summed E-state index contributed by atoms with van der Waals surface area (Å²) in [5.41, 5.74) is 3.04. The van der Waals surface area contributed by atoms with Gasteiger partial charge in [0.1, 0.15) is 6.07 Å². The number of phenolic OH excluding ortho intramolecular Hbond substituents is 1. The van der Waals surface area contributed by atoms with Gasteiger partial charge in [0.25, 0.3) is 0 Å². The second-order valence-corrected chi connectivity index (χ2v) is 4.66. The van der Waals surface area contributed by atoms with Gasteiger partial charge in [0.15, 0.2) is 11.5 Å². The molecule has 21 heavy (non-hydrogen) atoms. The zero-order valence-corrected chi connectivity index (χ0v) is 12.2. The fourth-order valence-electron chi connectivity index (χ4n) is 2.14. The summed E-state index contributed by atoms with van der Waals surface area (Å²) in [6.07, 6.45) is 0. The van der Waals surface area contributed by atoms with Gasteiger partial charge in [-0.05, 0) is 31.5 Å². The van der Waals surface area contributed by atoms with Gasteiger partial charge in [-0.25, -0.2) is 0 Å². The van der Waals surface area contributed by atoms with Crippen LogP contribution in [0.1, 0.15) is 23.6 Å². The molecule has 0 aliphatic heterocycles. The van der Waals surface area contributed by atoms with Crippen molar-refractivity contribution in [1.82, 2.24) is 0 Å². The molecule has 0 aliphatic carbocycles. The third-order valence-electron chi connectivity index (χ3n) is 3.24. The first kappa shape index (κ1) is 14.7. The van der Waals surface area contributed by atoms with E-state index in [4.69, 9.17) is 4.74 Å². The third-order valence-corrected chi connectivity index (χ3v) is 3.24. The van der Waals surface area contributed by atoms with E-state index in [9.17, 15) is 10.4 Å². The van der Waals surface area contributed by atoms with E-state index in [0.717, 1.165) is 16.8 Å². The molecule has 0 bridgehead atoms. The first-order valence-electron chi connectivity index (χ1n) is 6.84. The van der Waals surface area contributed by atoms with Crippen molar-refractivity contribution in [2.45, 2.75) is 20.4 Å². The van der Waals surface area contributed by atoms with E-state index in [1.807, 2.05) is 44.2 Å². The molecule has 0 radical (unpaired) electrons. The molecule has 2 aromatic rings. The molecule has 0 amide bonds. The highest BCUT2D eigenvalue weighted by Crippen LogP contribution is 2.30. The molecule has 2 rings (SSSR count). The van der Waals surface area contributed by atoms with E-state index in [-0.39, 0.29) is 5.75 Å². The van der Waals surface area contributed by atoms with Crippen LogP contribution in [0.4, 0.5) is 5.69 Å². The Labute approximate surface area is 124 Å². The molecular weight excluding hydrogens is 264 g/mol. The van der Waals surface area contributed by atoms with Gasteiger partial charge in [-0.1, -0.05) is 24.3 Å². The molecule has 2 N–H and O–H groups in total. The summed E-state index contributed by atoms with van der Waals surface area (Å²) in [5, 5.41) is 22.5. The van der Waals surface area contributed by atoms with E-state index in [1.54, 1.807) is 6.07 Å². The molecule has 0 aliphatic rings. The highest BCUT2D eigenvalue weighted by molar-refractivity contribution is 5.61. The summed E-state index contributed by atoms with van der Waals surface area (Å²) in [5.74, 6) is 0.611. The van der Waals surface area contributed by atoms with Crippen molar-refractivity contribution >= 4 is 5.69 Å². The summed E-state index contributed by atoms with van der Waals surface area (Å²) >= 11 is 0. The predicted molar refractivity (Wildman–Crippen MR) is 82.5 cm³/mol. The van der Waals surface area contributed by atoms with Crippen LogP contribution in [0.5, 0.6) is 11.5 Å². The summed E-state index contributed by atoms with van der Waals surface area (Å²) < 4.78 is 5.36. The number of ether oxygens (including phenoxy) is 1. The number of nitrogens with zero attached hydrogens (tertiary/aromatic N) is 1. The normalized spacial score (nSPS) is 9.95. The Morgan fingerprint density at radius 2 is 2.00 bits per heavy atom. The number of nitriles is 1. The second kappa shape index (κ2) is 6.67. The highest BCUT2D eigenvalue weighted by Gasteiger charge is 2.09.